The minimum absolute atomic E-state index is 0.00464. The second-order valence-corrected chi connectivity index (χ2v) is 11.4. The number of nitrogens with zero attached hydrogens (tertiary/aromatic N) is 4. The Hall–Kier alpha value is -3.94. The molecule has 4 atom stereocenters. The predicted molar refractivity (Wildman–Crippen MR) is 144 cm³/mol. The normalized spacial score (nSPS) is 24.7. The maximum absolute atomic E-state index is 16.6. The van der Waals surface area contributed by atoms with Crippen LogP contribution in [0.3, 0.4) is 0 Å². The second kappa shape index (κ2) is 9.28. The first-order valence-electron chi connectivity index (χ1n) is 13.4. The minimum Gasteiger partial charge on any atom is -0.472 e. The molecule has 1 amide bonds. The third-order valence-corrected chi connectivity index (χ3v) is 8.48. The van der Waals surface area contributed by atoms with Gasteiger partial charge in [0.25, 0.3) is 0 Å². The van der Waals surface area contributed by atoms with Crippen LogP contribution in [0.5, 0.6) is 11.6 Å². The van der Waals surface area contributed by atoms with Crippen LogP contribution in [-0.4, -0.2) is 71.5 Å². The Morgan fingerprint density at radius 3 is 2.60 bits per heavy atom. The molecule has 3 aromatic rings. The standard InChI is InChI=1S/C28H29F5N6O3/c1-11-12(2)35-24-19-18(11)20(30)21(15-8-14(34)9-16(29)23(15)42-28(31,32)33)36-25(19)41-13(3)22-17-6-7-27(37-17,10-39(22)24)26(40)38(4)5/h8-9,13,17,22,37H,6-7,10,34H2,1-5H3/t13?,17-,22+,27+/m0/s1. The molecule has 0 spiro atoms. The van der Waals surface area contributed by atoms with Gasteiger partial charge in [-0.2, -0.15) is 0 Å². The Labute approximate surface area is 237 Å². The molecule has 14 heteroatoms. The number of ether oxygens (including phenoxy) is 2. The molecule has 1 aromatic carbocycles. The number of anilines is 2. The number of aryl methyl sites for hydroxylation is 2. The highest BCUT2D eigenvalue weighted by atomic mass is 19.4. The lowest BCUT2D eigenvalue weighted by Gasteiger charge is -2.47. The Balaban J connectivity index is 1.62. The number of halogens is 5. The summed E-state index contributed by atoms with van der Waals surface area (Å²) >= 11 is 0. The van der Waals surface area contributed by atoms with Crippen molar-refractivity contribution in [2.24, 2.45) is 0 Å². The van der Waals surface area contributed by atoms with E-state index in [4.69, 9.17) is 15.5 Å². The summed E-state index contributed by atoms with van der Waals surface area (Å²) in [5, 5.41) is 3.72. The van der Waals surface area contributed by atoms with E-state index in [0.717, 1.165) is 6.07 Å². The molecule has 9 nitrogen and oxygen atoms in total. The van der Waals surface area contributed by atoms with Gasteiger partial charge >= 0.3 is 6.36 Å². The molecule has 0 aliphatic carbocycles. The van der Waals surface area contributed by atoms with Crippen LogP contribution in [0.1, 0.15) is 31.0 Å². The van der Waals surface area contributed by atoms with Gasteiger partial charge in [-0.3, -0.25) is 10.1 Å². The van der Waals surface area contributed by atoms with Gasteiger partial charge in [0, 0.05) is 49.5 Å². The van der Waals surface area contributed by atoms with Crippen molar-refractivity contribution in [3.63, 3.8) is 0 Å². The maximum Gasteiger partial charge on any atom is 0.573 e. The fourth-order valence-electron chi connectivity index (χ4n) is 6.66. The van der Waals surface area contributed by atoms with Gasteiger partial charge < -0.3 is 25.0 Å². The Bertz CT molecular complexity index is 1650. The molecule has 0 radical (unpaired) electrons. The highest BCUT2D eigenvalue weighted by Crippen LogP contribution is 2.48. The van der Waals surface area contributed by atoms with Crippen LogP contribution < -0.4 is 25.4 Å². The van der Waals surface area contributed by atoms with E-state index in [9.17, 15) is 22.4 Å². The summed E-state index contributed by atoms with van der Waals surface area (Å²) in [6, 6.07) is 1.12. The van der Waals surface area contributed by atoms with Crippen molar-refractivity contribution in [1.82, 2.24) is 20.2 Å². The summed E-state index contributed by atoms with van der Waals surface area (Å²) in [7, 11) is 3.37. The van der Waals surface area contributed by atoms with E-state index in [1.165, 1.54) is 4.90 Å². The first kappa shape index (κ1) is 28.2. The molecule has 42 heavy (non-hydrogen) atoms. The average molecular weight is 593 g/mol. The number of carbonyl (C=O) groups excluding carboxylic acids is 1. The summed E-state index contributed by atoms with van der Waals surface area (Å²) in [4.78, 5) is 26.0. The molecule has 2 aromatic heterocycles. The number of piperazine rings is 1. The number of amides is 1. The summed E-state index contributed by atoms with van der Waals surface area (Å²) in [5.41, 5.74) is 4.23. The third kappa shape index (κ3) is 4.17. The first-order valence-corrected chi connectivity index (χ1v) is 13.4. The molecule has 3 aliphatic heterocycles. The highest BCUT2D eigenvalue weighted by Gasteiger charge is 2.57. The molecular weight excluding hydrogens is 563 g/mol. The number of alkyl halides is 3. The molecule has 1 unspecified atom stereocenters. The van der Waals surface area contributed by atoms with Crippen LogP contribution >= 0.6 is 0 Å². The first-order chi connectivity index (χ1) is 19.6. The van der Waals surface area contributed by atoms with Gasteiger partial charge in [-0.15, -0.1) is 13.2 Å². The molecule has 224 valence electrons. The number of carbonyl (C=O) groups is 1. The van der Waals surface area contributed by atoms with Gasteiger partial charge in [0.05, 0.1) is 17.0 Å². The highest BCUT2D eigenvalue weighted by molar-refractivity contribution is 6.02. The summed E-state index contributed by atoms with van der Waals surface area (Å²) in [6.07, 6.45) is -4.58. The number of fused-ring (bicyclic) bond motifs is 5. The largest absolute Gasteiger partial charge is 0.573 e. The van der Waals surface area contributed by atoms with Gasteiger partial charge in [0.15, 0.2) is 17.4 Å². The van der Waals surface area contributed by atoms with Crippen LogP contribution in [0.2, 0.25) is 0 Å². The van der Waals surface area contributed by atoms with Gasteiger partial charge in [-0.25, -0.2) is 18.7 Å². The lowest BCUT2D eigenvalue weighted by atomic mass is 9.92. The summed E-state index contributed by atoms with van der Waals surface area (Å²) in [6.45, 7) is 5.34. The van der Waals surface area contributed by atoms with Crippen LogP contribution in [0, 0.1) is 25.5 Å². The molecule has 2 fully saturated rings. The van der Waals surface area contributed by atoms with Crippen molar-refractivity contribution < 1.29 is 36.2 Å². The van der Waals surface area contributed by atoms with Gasteiger partial charge in [-0.05, 0) is 45.2 Å². The van der Waals surface area contributed by atoms with E-state index in [-0.39, 0.29) is 46.9 Å². The van der Waals surface area contributed by atoms with Crippen molar-refractivity contribution in [2.45, 2.75) is 63.7 Å². The number of hydrogen-bond acceptors (Lipinski definition) is 8. The molecule has 6 rings (SSSR count). The maximum atomic E-state index is 16.6. The van der Waals surface area contributed by atoms with Crippen molar-refractivity contribution in [1.29, 1.82) is 0 Å². The summed E-state index contributed by atoms with van der Waals surface area (Å²) < 4.78 is 81.5. The fraction of sp³-hybridized carbons (Fsp3) is 0.464. The molecule has 2 saturated heterocycles. The fourth-order valence-corrected chi connectivity index (χ4v) is 6.66. The molecule has 0 saturated carbocycles. The van der Waals surface area contributed by atoms with Crippen molar-refractivity contribution in [3.8, 4) is 22.9 Å². The SMILES string of the molecule is Cc1nc2c3c(nc(-c4cc(N)cc(F)c4OC(F)(F)F)c(F)c3c1C)OC(C)[C@@H]1[C@@H]3CC[C@](C(=O)N(C)C)(CN21)N3. The Morgan fingerprint density at radius 2 is 1.93 bits per heavy atom. The number of nitrogens with two attached hydrogens (primary N) is 1. The number of aromatic nitrogens is 2. The van der Waals surface area contributed by atoms with E-state index in [2.05, 4.69) is 15.0 Å². The average Bonchev–Trinajstić information content (AvgIpc) is 3.19. The van der Waals surface area contributed by atoms with E-state index >= 15 is 4.39 Å². The van der Waals surface area contributed by atoms with E-state index in [1.54, 1.807) is 34.9 Å². The van der Waals surface area contributed by atoms with Crippen molar-refractivity contribution in [3.05, 3.63) is 35.0 Å². The van der Waals surface area contributed by atoms with E-state index in [1.807, 2.05) is 4.90 Å². The number of rotatable bonds is 3. The monoisotopic (exact) mass is 592 g/mol. The molecular formula is C28H29F5N6O3. The number of pyridine rings is 2. The van der Waals surface area contributed by atoms with Crippen molar-refractivity contribution in [2.75, 3.05) is 31.3 Å². The van der Waals surface area contributed by atoms with Crippen LogP contribution in [0.4, 0.5) is 33.5 Å². The number of likely N-dealkylation sites (N-methyl/N-ethyl adjacent to an activating group) is 1. The molecule has 3 aliphatic rings. The second-order valence-electron chi connectivity index (χ2n) is 11.4. The van der Waals surface area contributed by atoms with Crippen LogP contribution in [0.25, 0.3) is 22.0 Å². The zero-order valence-electron chi connectivity index (χ0n) is 23.5. The number of nitrogens with one attached hydrogen (secondary N) is 1. The van der Waals surface area contributed by atoms with Gasteiger partial charge in [0.1, 0.15) is 23.2 Å². The zero-order valence-corrected chi connectivity index (χ0v) is 23.5. The number of hydrogen-bond donors (Lipinski definition) is 2. The van der Waals surface area contributed by atoms with E-state index in [0.29, 0.717) is 36.0 Å². The van der Waals surface area contributed by atoms with Gasteiger partial charge in [-0.1, -0.05) is 0 Å². The lowest BCUT2D eigenvalue weighted by molar-refractivity contribution is -0.275. The topological polar surface area (TPSA) is 106 Å². The Morgan fingerprint density at radius 1 is 1.21 bits per heavy atom. The lowest BCUT2D eigenvalue weighted by Crippen LogP contribution is -2.71. The molecule has 2 bridgehead atoms. The van der Waals surface area contributed by atoms with Crippen LogP contribution in [0.15, 0.2) is 12.1 Å². The van der Waals surface area contributed by atoms with E-state index < -0.39 is 46.6 Å². The zero-order chi connectivity index (χ0) is 30.5. The summed E-state index contributed by atoms with van der Waals surface area (Å²) in [5.74, 6) is -3.53. The Kier molecular flexibility index (Phi) is 6.23. The number of nitrogen functional groups attached to an aromatic ring is 1. The minimum atomic E-state index is -5.27. The number of benzene rings is 1. The molecule has 3 N–H and O–H groups in total. The predicted octanol–water partition coefficient (Wildman–Crippen LogP) is 4.22. The smallest absolute Gasteiger partial charge is 0.472 e. The van der Waals surface area contributed by atoms with Crippen LogP contribution in [-0.2, 0) is 4.79 Å². The van der Waals surface area contributed by atoms with Crippen molar-refractivity contribution >= 4 is 28.2 Å². The van der Waals surface area contributed by atoms with Gasteiger partial charge in [0.2, 0.25) is 11.8 Å². The third-order valence-electron chi connectivity index (χ3n) is 8.48. The quantitative estimate of drug-likeness (QED) is 0.344. The molecule has 5 heterocycles.